The van der Waals surface area contributed by atoms with Crippen LogP contribution in [0.3, 0.4) is 0 Å². The van der Waals surface area contributed by atoms with Crippen LogP contribution in [0.4, 0.5) is 0 Å². The van der Waals surface area contributed by atoms with Gasteiger partial charge >= 0.3 is 0 Å². The molecule has 0 unspecified atom stereocenters. The fraction of sp³-hybridized carbons (Fsp3) is 0.923. The summed E-state index contributed by atoms with van der Waals surface area (Å²) in [5.41, 5.74) is -0.651. The molecule has 0 aromatic heterocycles. The van der Waals surface area contributed by atoms with Crippen molar-refractivity contribution >= 4 is 5.91 Å². The molecule has 5 nitrogen and oxygen atoms in total. The van der Waals surface area contributed by atoms with Gasteiger partial charge in [0.05, 0.1) is 5.60 Å². The van der Waals surface area contributed by atoms with Gasteiger partial charge in [-0.3, -0.25) is 4.79 Å². The van der Waals surface area contributed by atoms with E-state index in [2.05, 4.69) is 5.32 Å². The molecule has 1 aliphatic heterocycles. The maximum absolute atomic E-state index is 11.5. The summed E-state index contributed by atoms with van der Waals surface area (Å²) in [7, 11) is 1.94. The average molecular weight is 258 g/mol. The average Bonchev–Trinajstić information content (AvgIpc) is 2.26. The number of rotatable bonds is 6. The number of hydrogen-bond donors (Lipinski definition) is 2. The van der Waals surface area contributed by atoms with E-state index in [0.29, 0.717) is 45.6 Å². The van der Waals surface area contributed by atoms with Gasteiger partial charge in [0.25, 0.3) is 0 Å². The van der Waals surface area contributed by atoms with Crippen LogP contribution in [-0.2, 0) is 9.53 Å². The van der Waals surface area contributed by atoms with Crippen molar-refractivity contribution in [3.63, 3.8) is 0 Å². The predicted octanol–water partition coefficient (Wildman–Crippen LogP) is 0.374. The van der Waals surface area contributed by atoms with Crippen LogP contribution in [-0.4, -0.2) is 60.9 Å². The lowest BCUT2D eigenvalue weighted by atomic mass is 9.94. The lowest BCUT2D eigenvalue weighted by molar-refractivity contribution is -0.122. The maximum Gasteiger partial charge on any atom is 0.221 e. The normalized spacial score (nSPS) is 19.2. The van der Waals surface area contributed by atoms with E-state index in [1.807, 2.05) is 25.8 Å². The Morgan fingerprint density at radius 2 is 2.06 bits per heavy atom. The molecule has 1 amide bonds. The monoisotopic (exact) mass is 258 g/mol. The number of likely N-dealkylation sites (N-methyl/N-ethyl adjacent to an activating group) is 1. The number of nitrogens with one attached hydrogen (secondary N) is 1. The summed E-state index contributed by atoms with van der Waals surface area (Å²) in [5, 5.41) is 13.2. The highest BCUT2D eigenvalue weighted by molar-refractivity contribution is 5.76. The van der Waals surface area contributed by atoms with Gasteiger partial charge in [-0.1, -0.05) is 0 Å². The van der Waals surface area contributed by atoms with E-state index in [9.17, 15) is 9.90 Å². The van der Waals surface area contributed by atoms with Crippen LogP contribution in [0.1, 0.15) is 33.1 Å². The molecule has 1 rings (SSSR count). The number of carbonyl (C=O) groups excluding carboxylic acids is 1. The Kier molecular flexibility index (Phi) is 6.05. The number of nitrogens with zero attached hydrogens (tertiary/aromatic N) is 1. The van der Waals surface area contributed by atoms with Crippen molar-refractivity contribution in [1.29, 1.82) is 0 Å². The SMILES string of the molecule is CC(C)NC(=O)CCN(C)CC1(O)CCOCC1. The van der Waals surface area contributed by atoms with E-state index < -0.39 is 5.60 Å². The summed E-state index contributed by atoms with van der Waals surface area (Å²) in [6, 6.07) is 0.183. The number of aliphatic hydroxyl groups is 1. The van der Waals surface area contributed by atoms with Gasteiger partial charge in [0.2, 0.25) is 5.91 Å². The molecule has 2 N–H and O–H groups in total. The second-order valence-corrected chi connectivity index (χ2v) is 5.55. The van der Waals surface area contributed by atoms with Gasteiger partial charge in [0.15, 0.2) is 0 Å². The molecular weight excluding hydrogens is 232 g/mol. The van der Waals surface area contributed by atoms with Crippen LogP contribution in [0, 0.1) is 0 Å². The van der Waals surface area contributed by atoms with E-state index in [-0.39, 0.29) is 11.9 Å². The Labute approximate surface area is 109 Å². The molecule has 0 aliphatic carbocycles. The molecule has 1 heterocycles. The van der Waals surface area contributed by atoms with Gasteiger partial charge in [-0.25, -0.2) is 0 Å². The summed E-state index contributed by atoms with van der Waals surface area (Å²) in [4.78, 5) is 13.5. The van der Waals surface area contributed by atoms with Crippen LogP contribution in [0.25, 0.3) is 0 Å². The molecule has 0 saturated carbocycles. The highest BCUT2D eigenvalue weighted by Gasteiger charge is 2.30. The summed E-state index contributed by atoms with van der Waals surface area (Å²) >= 11 is 0. The molecule has 106 valence electrons. The third kappa shape index (κ3) is 5.80. The van der Waals surface area contributed by atoms with Gasteiger partial charge in [0.1, 0.15) is 0 Å². The zero-order valence-electron chi connectivity index (χ0n) is 11.7. The van der Waals surface area contributed by atoms with Crippen molar-refractivity contribution in [3.8, 4) is 0 Å². The number of hydrogen-bond acceptors (Lipinski definition) is 4. The molecule has 1 aliphatic rings. The first-order valence-corrected chi connectivity index (χ1v) is 6.69. The molecule has 1 saturated heterocycles. The molecule has 0 aromatic carbocycles. The minimum Gasteiger partial charge on any atom is -0.388 e. The maximum atomic E-state index is 11.5. The van der Waals surface area contributed by atoms with Crippen molar-refractivity contribution in [2.45, 2.75) is 44.8 Å². The fourth-order valence-corrected chi connectivity index (χ4v) is 2.18. The first-order chi connectivity index (χ1) is 8.41. The third-order valence-corrected chi connectivity index (χ3v) is 3.16. The van der Waals surface area contributed by atoms with E-state index in [1.165, 1.54) is 0 Å². The molecular formula is C13H26N2O3. The Hall–Kier alpha value is -0.650. The number of ether oxygens (including phenoxy) is 1. The fourth-order valence-electron chi connectivity index (χ4n) is 2.18. The minimum atomic E-state index is -0.651. The van der Waals surface area contributed by atoms with Gasteiger partial charge in [-0.15, -0.1) is 0 Å². The van der Waals surface area contributed by atoms with Crippen molar-refractivity contribution in [3.05, 3.63) is 0 Å². The summed E-state index contributed by atoms with van der Waals surface area (Å²) < 4.78 is 5.25. The second-order valence-electron chi connectivity index (χ2n) is 5.55. The Balaban J connectivity index is 2.24. The minimum absolute atomic E-state index is 0.0656. The van der Waals surface area contributed by atoms with Gasteiger partial charge in [-0.05, 0) is 20.9 Å². The molecule has 0 radical (unpaired) electrons. The molecule has 0 aromatic rings. The van der Waals surface area contributed by atoms with E-state index in [1.54, 1.807) is 0 Å². The standard InChI is InChI=1S/C13H26N2O3/c1-11(2)14-12(16)4-7-15(3)10-13(17)5-8-18-9-6-13/h11,17H,4-10H2,1-3H3,(H,14,16). The quantitative estimate of drug-likeness (QED) is 0.723. The topological polar surface area (TPSA) is 61.8 Å². The van der Waals surface area contributed by atoms with Crippen LogP contribution in [0.2, 0.25) is 0 Å². The number of carbonyl (C=O) groups is 1. The lowest BCUT2D eigenvalue weighted by Gasteiger charge is -2.35. The Morgan fingerprint density at radius 3 is 2.61 bits per heavy atom. The van der Waals surface area contributed by atoms with Crippen LogP contribution in [0.15, 0.2) is 0 Å². The zero-order chi connectivity index (χ0) is 13.6. The zero-order valence-corrected chi connectivity index (χ0v) is 11.7. The third-order valence-electron chi connectivity index (χ3n) is 3.16. The molecule has 0 spiro atoms. The number of amides is 1. The van der Waals surface area contributed by atoms with Crippen LogP contribution < -0.4 is 5.32 Å². The van der Waals surface area contributed by atoms with Crippen molar-refractivity contribution in [2.75, 3.05) is 33.4 Å². The molecule has 0 atom stereocenters. The van der Waals surface area contributed by atoms with Gasteiger partial charge in [0, 0.05) is 51.6 Å². The van der Waals surface area contributed by atoms with Crippen LogP contribution in [0.5, 0.6) is 0 Å². The first-order valence-electron chi connectivity index (χ1n) is 6.69. The summed E-state index contributed by atoms with van der Waals surface area (Å²) in [6.07, 6.45) is 1.83. The second kappa shape index (κ2) is 7.07. The van der Waals surface area contributed by atoms with Crippen molar-refractivity contribution < 1.29 is 14.6 Å². The summed E-state index contributed by atoms with van der Waals surface area (Å²) in [6.45, 7) is 6.42. The lowest BCUT2D eigenvalue weighted by Crippen LogP contribution is -2.46. The Bertz CT molecular complexity index is 263. The Morgan fingerprint density at radius 1 is 1.44 bits per heavy atom. The highest BCUT2D eigenvalue weighted by Crippen LogP contribution is 2.21. The van der Waals surface area contributed by atoms with Gasteiger partial charge < -0.3 is 20.1 Å². The molecule has 1 fully saturated rings. The van der Waals surface area contributed by atoms with E-state index in [4.69, 9.17) is 4.74 Å². The predicted molar refractivity (Wildman–Crippen MR) is 70.4 cm³/mol. The van der Waals surface area contributed by atoms with E-state index in [0.717, 1.165) is 0 Å². The summed E-state index contributed by atoms with van der Waals surface area (Å²) in [5.74, 6) is 0.0656. The van der Waals surface area contributed by atoms with Gasteiger partial charge in [-0.2, -0.15) is 0 Å². The van der Waals surface area contributed by atoms with Crippen molar-refractivity contribution in [2.24, 2.45) is 0 Å². The first kappa shape index (κ1) is 15.4. The molecule has 18 heavy (non-hydrogen) atoms. The smallest absolute Gasteiger partial charge is 0.221 e. The largest absolute Gasteiger partial charge is 0.388 e. The van der Waals surface area contributed by atoms with E-state index >= 15 is 0 Å². The van der Waals surface area contributed by atoms with Crippen molar-refractivity contribution in [1.82, 2.24) is 10.2 Å². The highest BCUT2D eigenvalue weighted by atomic mass is 16.5. The molecule has 5 heteroatoms. The van der Waals surface area contributed by atoms with Crippen LogP contribution >= 0.6 is 0 Å². The molecule has 0 bridgehead atoms.